The summed E-state index contributed by atoms with van der Waals surface area (Å²) in [6.07, 6.45) is 2.16. The molecule has 1 aliphatic rings. The molecule has 0 unspecified atom stereocenters. The molecule has 0 radical (unpaired) electrons. The molecule has 1 aliphatic heterocycles. The number of para-hydroxylation sites is 1. The second-order valence-corrected chi connectivity index (χ2v) is 6.32. The van der Waals surface area contributed by atoms with E-state index in [4.69, 9.17) is 4.74 Å². The largest absolute Gasteiger partial charge is 0.378 e. The zero-order chi connectivity index (χ0) is 17.5. The van der Waals surface area contributed by atoms with E-state index in [1.807, 2.05) is 18.2 Å². The quantitative estimate of drug-likeness (QED) is 0.874. The molecule has 0 bridgehead atoms. The molecular formula is C21H26N2O2. The van der Waals surface area contributed by atoms with Crippen LogP contribution in [0.1, 0.15) is 24.5 Å². The smallest absolute Gasteiger partial charge is 0.224 e. The number of hydrogen-bond donors (Lipinski definition) is 1. The van der Waals surface area contributed by atoms with E-state index in [9.17, 15) is 4.79 Å². The van der Waals surface area contributed by atoms with Gasteiger partial charge in [-0.3, -0.25) is 4.79 Å². The molecule has 2 aromatic rings. The number of anilines is 2. The number of rotatable bonds is 6. The summed E-state index contributed by atoms with van der Waals surface area (Å²) in [5, 5.41) is 3.03. The Morgan fingerprint density at radius 3 is 2.52 bits per heavy atom. The zero-order valence-electron chi connectivity index (χ0n) is 14.8. The van der Waals surface area contributed by atoms with Gasteiger partial charge in [-0.1, -0.05) is 37.3 Å². The van der Waals surface area contributed by atoms with Crippen molar-refractivity contribution in [2.24, 2.45) is 0 Å². The normalized spacial score (nSPS) is 14.4. The number of nitrogens with one attached hydrogen (secondary N) is 1. The first-order chi connectivity index (χ1) is 12.3. The SMILES string of the molecule is CCc1ccccc1NC(=O)CCc1ccc(N2CCOCC2)cc1. The maximum Gasteiger partial charge on any atom is 0.224 e. The van der Waals surface area contributed by atoms with Crippen LogP contribution in [0.2, 0.25) is 0 Å². The highest BCUT2D eigenvalue weighted by molar-refractivity contribution is 5.91. The van der Waals surface area contributed by atoms with Gasteiger partial charge in [-0.05, 0) is 42.2 Å². The third-order valence-corrected chi connectivity index (χ3v) is 4.63. The number of nitrogens with zero attached hydrogens (tertiary/aromatic N) is 1. The van der Waals surface area contributed by atoms with Crippen LogP contribution in [0.3, 0.4) is 0 Å². The number of amides is 1. The fourth-order valence-electron chi connectivity index (χ4n) is 3.12. The maximum atomic E-state index is 12.2. The van der Waals surface area contributed by atoms with Crippen molar-refractivity contribution in [2.75, 3.05) is 36.5 Å². The van der Waals surface area contributed by atoms with Crippen molar-refractivity contribution >= 4 is 17.3 Å². The lowest BCUT2D eigenvalue weighted by molar-refractivity contribution is -0.116. The van der Waals surface area contributed by atoms with Crippen LogP contribution >= 0.6 is 0 Å². The maximum absolute atomic E-state index is 12.2. The first kappa shape index (κ1) is 17.5. The summed E-state index contributed by atoms with van der Waals surface area (Å²) in [7, 11) is 0. The number of carbonyl (C=O) groups excluding carboxylic acids is 1. The number of aryl methyl sites for hydroxylation is 2. The van der Waals surface area contributed by atoms with Gasteiger partial charge in [0.15, 0.2) is 0 Å². The van der Waals surface area contributed by atoms with Crippen molar-refractivity contribution in [1.82, 2.24) is 0 Å². The monoisotopic (exact) mass is 338 g/mol. The number of ether oxygens (including phenoxy) is 1. The summed E-state index contributed by atoms with van der Waals surface area (Å²) in [6, 6.07) is 16.5. The van der Waals surface area contributed by atoms with Gasteiger partial charge in [0.25, 0.3) is 0 Å². The van der Waals surface area contributed by atoms with Gasteiger partial charge >= 0.3 is 0 Å². The standard InChI is InChI=1S/C21H26N2O2/c1-2-18-5-3-4-6-20(18)22-21(24)12-9-17-7-10-19(11-8-17)23-13-15-25-16-14-23/h3-8,10-11H,2,9,12-16H2,1H3,(H,22,24). The summed E-state index contributed by atoms with van der Waals surface area (Å²) < 4.78 is 5.39. The van der Waals surface area contributed by atoms with Crippen LogP contribution in [0.25, 0.3) is 0 Å². The molecule has 1 N–H and O–H groups in total. The lowest BCUT2D eigenvalue weighted by Crippen LogP contribution is -2.36. The first-order valence-corrected chi connectivity index (χ1v) is 9.05. The second-order valence-electron chi connectivity index (χ2n) is 6.32. The number of morpholine rings is 1. The first-order valence-electron chi connectivity index (χ1n) is 9.05. The topological polar surface area (TPSA) is 41.6 Å². The minimum absolute atomic E-state index is 0.0677. The van der Waals surface area contributed by atoms with Gasteiger partial charge in [0, 0.05) is 30.9 Å². The van der Waals surface area contributed by atoms with E-state index in [0.29, 0.717) is 6.42 Å². The van der Waals surface area contributed by atoms with E-state index in [1.54, 1.807) is 0 Å². The third kappa shape index (κ3) is 4.83. The third-order valence-electron chi connectivity index (χ3n) is 4.63. The van der Waals surface area contributed by atoms with Gasteiger partial charge in [-0.15, -0.1) is 0 Å². The van der Waals surface area contributed by atoms with E-state index >= 15 is 0 Å². The van der Waals surface area contributed by atoms with Gasteiger partial charge in [0.05, 0.1) is 13.2 Å². The Hall–Kier alpha value is -2.33. The van der Waals surface area contributed by atoms with Gasteiger partial charge in [0.2, 0.25) is 5.91 Å². The fraction of sp³-hybridized carbons (Fsp3) is 0.381. The Kier molecular flexibility index (Phi) is 6.07. The molecule has 132 valence electrons. The van der Waals surface area contributed by atoms with E-state index in [0.717, 1.165) is 44.8 Å². The van der Waals surface area contributed by atoms with Crippen molar-refractivity contribution in [1.29, 1.82) is 0 Å². The Labute approximate surface area is 149 Å². The molecule has 1 amide bonds. The summed E-state index contributed by atoms with van der Waals surface area (Å²) in [6.45, 7) is 5.57. The lowest BCUT2D eigenvalue weighted by Gasteiger charge is -2.28. The van der Waals surface area contributed by atoms with Gasteiger partial charge in [0.1, 0.15) is 0 Å². The van der Waals surface area contributed by atoms with Crippen molar-refractivity contribution in [2.45, 2.75) is 26.2 Å². The van der Waals surface area contributed by atoms with Gasteiger partial charge in [-0.2, -0.15) is 0 Å². The van der Waals surface area contributed by atoms with E-state index in [2.05, 4.69) is 47.5 Å². The summed E-state index contributed by atoms with van der Waals surface area (Å²) in [5.74, 6) is 0.0677. The predicted octanol–water partition coefficient (Wildman–Crippen LogP) is 3.66. The summed E-state index contributed by atoms with van der Waals surface area (Å²) in [5.41, 5.74) is 4.52. The van der Waals surface area contributed by atoms with Crippen LogP contribution in [0.4, 0.5) is 11.4 Å². The van der Waals surface area contributed by atoms with Crippen LogP contribution in [0.15, 0.2) is 48.5 Å². The Balaban J connectivity index is 1.51. The van der Waals surface area contributed by atoms with Crippen LogP contribution < -0.4 is 10.2 Å². The number of carbonyl (C=O) groups is 1. The summed E-state index contributed by atoms with van der Waals surface area (Å²) in [4.78, 5) is 14.6. The average molecular weight is 338 g/mol. The highest BCUT2D eigenvalue weighted by atomic mass is 16.5. The van der Waals surface area contributed by atoms with Gasteiger partial charge in [-0.25, -0.2) is 0 Å². The predicted molar refractivity (Wildman–Crippen MR) is 102 cm³/mol. The molecule has 2 aromatic carbocycles. The van der Waals surface area contributed by atoms with Crippen LogP contribution in [-0.4, -0.2) is 32.2 Å². The lowest BCUT2D eigenvalue weighted by atomic mass is 10.1. The van der Waals surface area contributed by atoms with E-state index in [1.165, 1.54) is 16.8 Å². The number of hydrogen-bond acceptors (Lipinski definition) is 3. The minimum Gasteiger partial charge on any atom is -0.378 e. The molecule has 0 atom stereocenters. The summed E-state index contributed by atoms with van der Waals surface area (Å²) >= 11 is 0. The van der Waals surface area contributed by atoms with Crippen molar-refractivity contribution in [3.8, 4) is 0 Å². The molecule has 0 aromatic heterocycles. The molecule has 4 heteroatoms. The van der Waals surface area contributed by atoms with Crippen LogP contribution in [0, 0.1) is 0 Å². The average Bonchev–Trinajstić information content (AvgIpc) is 2.68. The van der Waals surface area contributed by atoms with Crippen LogP contribution in [-0.2, 0) is 22.4 Å². The second kappa shape index (κ2) is 8.67. The van der Waals surface area contributed by atoms with E-state index in [-0.39, 0.29) is 5.91 Å². The molecular weight excluding hydrogens is 312 g/mol. The molecule has 0 aliphatic carbocycles. The molecule has 4 nitrogen and oxygen atoms in total. The molecule has 1 saturated heterocycles. The Morgan fingerprint density at radius 1 is 1.08 bits per heavy atom. The molecule has 25 heavy (non-hydrogen) atoms. The van der Waals surface area contributed by atoms with Crippen molar-refractivity contribution < 1.29 is 9.53 Å². The molecule has 1 heterocycles. The molecule has 0 spiro atoms. The highest BCUT2D eigenvalue weighted by Crippen LogP contribution is 2.18. The zero-order valence-corrected chi connectivity index (χ0v) is 14.8. The van der Waals surface area contributed by atoms with Crippen molar-refractivity contribution in [3.63, 3.8) is 0 Å². The van der Waals surface area contributed by atoms with Crippen LogP contribution in [0.5, 0.6) is 0 Å². The minimum atomic E-state index is 0.0677. The van der Waals surface area contributed by atoms with E-state index < -0.39 is 0 Å². The fourth-order valence-corrected chi connectivity index (χ4v) is 3.12. The Morgan fingerprint density at radius 2 is 1.80 bits per heavy atom. The number of benzene rings is 2. The molecule has 1 fully saturated rings. The van der Waals surface area contributed by atoms with Crippen molar-refractivity contribution in [3.05, 3.63) is 59.7 Å². The Bertz CT molecular complexity index is 691. The highest BCUT2D eigenvalue weighted by Gasteiger charge is 2.11. The van der Waals surface area contributed by atoms with Gasteiger partial charge < -0.3 is 15.0 Å². The molecule has 3 rings (SSSR count). The molecule has 0 saturated carbocycles.